The Hall–Kier alpha value is -3.05. The molecule has 35 heavy (non-hydrogen) atoms. The van der Waals surface area contributed by atoms with Crippen LogP contribution in [-0.2, 0) is 16.1 Å². The summed E-state index contributed by atoms with van der Waals surface area (Å²) >= 11 is 1.44. The molecule has 0 saturated carbocycles. The van der Waals surface area contributed by atoms with Crippen LogP contribution in [0.25, 0.3) is 0 Å². The summed E-state index contributed by atoms with van der Waals surface area (Å²) in [6, 6.07) is 13.5. The first-order chi connectivity index (χ1) is 16.7. The molecule has 0 radical (unpaired) electrons. The minimum absolute atomic E-state index is 0.0173. The van der Waals surface area contributed by atoms with E-state index in [0.29, 0.717) is 35.5 Å². The van der Waals surface area contributed by atoms with Crippen molar-refractivity contribution in [3.8, 4) is 0 Å². The molecule has 0 saturated heterocycles. The first-order valence-electron chi connectivity index (χ1n) is 11.3. The van der Waals surface area contributed by atoms with Gasteiger partial charge in [-0.15, -0.1) is 11.3 Å². The molecule has 3 rings (SSSR count). The van der Waals surface area contributed by atoms with Gasteiger partial charge >= 0.3 is 0 Å². The largest absolute Gasteiger partial charge is 0.384 e. The van der Waals surface area contributed by atoms with E-state index in [4.69, 9.17) is 16.9 Å². The highest BCUT2D eigenvalue weighted by atomic mass is 32.2. The highest BCUT2D eigenvalue weighted by molar-refractivity contribution is 7.98. The lowest BCUT2D eigenvalue weighted by molar-refractivity contribution is 0.0954. The van der Waals surface area contributed by atoms with Crippen molar-refractivity contribution >= 4 is 38.7 Å². The summed E-state index contributed by atoms with van der Waals surface area (Å²) < 4.78 is 16.7. The van der Waals surface area contributed by atoms with Crippen molar-refractivity contribution in [2.24, 2.45) is 11.5 Å². The van der Waals surface area contributed by atoms with Gasteiger partial charge in [-0.1, -0.05) is 44.5 Å². The molecule has 0 bridgehead atoms. The summed E-state index contributed by atoms with van der Waals surface area (Å²) in [6.45, 7) is 4.94. The van der Waals surface area contributed by atoms with Crippen LogP contribution >= 0.6 is 11.3 Å². The van der Waals surface area contributed by atoms with Crippen LogP contribution in [0.4, 0.5) is 0 Å². The fraction of sp³-hybridized carbons (Fsp3) is 0.280. The first-order valence-corrected chi connectivity index (χ1v) is 13.9. The van der Waals surface area contributed by atoms with E-state index in [2.05, 4.69) is 34.7 Å². The van der Waals surface area contributed by atoms with Gasteiger partial charge in [0.25, 0.3) is 5.91 Å². The van der Waals surface area contributed by atoms with E-state index in [1.807, 2.05) is 23.6 Å². The zero-order chi connectivity index (χ0) is 25.8. The van der Waals surface area contributed by atoms with Crippen molar-refractivity contribution in [1.82, 2.24) is 15.0 Å². The number of amides is 1. The lowest BCUT2D eigenvalue weighted by Gasteiger charge is -2.21. The van der Waals surface area contributed by atoms with Gasteiger partial charge < -0.3 is 16.8 Å². The number of carbonyl (C=O) groups excluding carboxylic acids is 1. The maximum atomic E-state index is 13.6. The molecule has 0 aliphatic heterocycles. The van der Waals surface area contributed by atoms with Crippen molar-refractivity contribution in [2.45, 2.75) is 37.6 Å². The van der Waals surface area contributed by atoms with Crippen molar-refractivity contribution in [1.29, 1.82) is 5.41 Å². The summed E-state index contributed by atoms with van der Waals surface area (Å²) in [5.74, 6) is 3.62. The average molecular weight is 515 g/mol. The fourth-order valence-electron chi connectivity index (χ4n) is 3.12. The van der Waals surface area contributed by atoms with E-state index < -0.39 is 15.7 Å². The van der Waals surface area contributed by atoms with Crippen LogP contribution in [0.3, 0.4) is 0 Å². The van der Waals surface area contributed by atoms with Crippen molar-refractivity contribution in [2.75, 3.05) is 13.1 Å². The predicted octanol–water partition coefficient (Wildman–Crippen LogP) is 3.10. The smallest absolute Gasteiger partial charge is 0.251 e. The first kappa shape index (κ1) is 28.2. The number of benzene rings is 2. The van der Waals surface area contributed by atoms with Gasteiger partial charge in [0.15, 0.2) is 0 Å². The Balaban J connectivity index is 0.00000137. The molecule has 188 valence electrons. The van der Waals surface area contributed by atoms with E-state index in [9.17, 15) is 9.00 Å². The van der Waals surface area contributed by atoms with Gasteiger partial charge in [0, 0.05) is 40.7 Å². The van der Waals surface area contributed by atoms with Gasteiger partial charge in [-0.05, 0) is 42.1 Å². The maximum absolute atomic E-state index is 13.6. The molecule has 8 nitrogen and oxygen atoms in total. The van der Waals surface area contributed by atoms with E-state index in [1.54, 1.807) is 36.5 Å². The molecule has 7 N–H and O–H groups in total. The molecule has 10 heteroatoms. The highest BCUT2D eigenvalue weighted by Crippen LogP contribution is 2.24. The minimum atomic E-state index is -2.96. The summed E-state index contributed by atoms with van der Waals surface area (Å²) in [4.78, 5) is 17.1. The topological polar surface area (TPSA) is 147 Å². The van der Waals surface area contributed by atoms with E-state index >= 15 is 0 Å². The third kappa shape index (κ3) is 8.59. The van der Waals surface area contributed by atoms with Crippen LogP contribution in [-0.4, -0.2) is 39.9 Å². The summed E-state index contributed by atoms with van der Waals surface area (Å²) in [7, 11) is -2.96. The molecule has 2 unspecified atom stereocenters. The van der Waals surface area contributed by atoms with E-state index in [1.165, 1.54) is 17.8 Å². The molecule has 0 aliphatic carbocycles. The van der Waals surface area contributed by atoms with E-state index in [0.717, 1.165) is 10.6 Å². The predicted molar refractivity (Wildman–Crippen MR) is 146 cm³/mol. The van der Waals surface area contributed by atoms with E-state index in [-0.39, 0.29) is 11.7 Å². The van der Waals surface area contributed by atoms with Gasteiger partial charge in [-0.3, -0.25) is 10.2 Å². The summed E-state index contributed by atoms with van der Waals surface area (Å²) in [5, 5.41) is 13.0. The van der Waals surface area contributed by atoms with Crippen LogP contribution in [0.15, 0.2) is 65.0 Å². The van der Waals surface area contributed by atoms with Gasteiger partial charge in [0.1, 0.15) is 10.8 Å². The number of hydrogen-bond acceptors (Lipinski definition) is 6. The third-order valence-electron chi connectivity index (χ3n) is 4.67. The second kappa shape index (κ2) is 13.7. The van der Waals surface area contributed by atoms with Gasteiger partial charge in [0.05, 0.1) is 15.7 Å². The Morgan fingerprint density at radius 3 is 2.51 bits per heavy atom. The van der Waals surface area contributed by atoms with Crippen LogP contribution in [0.1, 0.15) is 52.8 Å². The number of aromatic nitrogens is 1. The Kier molecular flexibility index (Phi) is 11.1. The number of rotatable bonds is 10. The maximum Gasteiger partial charge on any atom is 0.251 e. The number of nitrogens with two attached hydrogens (primary N) is 2. The molecule has 0 spiro atoms. The SMILES string of the molecule is C=S(=O)(NC(Cc1cccc(C(=N)N)c1)c1nccs1)c1cccc(C(=O)NCCN)c1.CCC. The zero-order valence-electron chi connectivity index (χ0n) is 20.1. The Bertz CT molecular complexity index is 1210. The molecule has 1 amide bonds. The van der Waals surface area contributed by atoms with Crippen LogP contribution in [0.2, 0.25) is 0 Å². The van der Waals surface area contributed by atoms with Crippen LogP contribution < -0.4 is 21.5 Å². The fourth-order valence-corrected chi connectivity index (χ4v) is 5.29. The van der Waals surface area contributed by atoms with Crippen molar-refractivity contribution < 1.29 is 9.00 Å². The lowest BCUT2D eigenvalue weighted by Crippen LogP contribution is -2.31. The molecule has 0 aliphatic rings. The van der Waals surface area contributed by atoms with Crippen molar-refractivity contribution in [3.05, 3.63) is 81.8 Å². The Morgan fingerprint density at radius 2 is 1.89 bits per heavy atom. The van der Waals surface area contributed by atoms with Crippen LogP contribution in [0.5, 0.6) is 0 Å². The van der Waals surface area contributed by atoms with Crippen molar-refractivity contribution in [3.63, 3.8) is 0 Å². The molecule has 1 aromatic heterocycles. The average Bonchev–Trinajstić information content (AvgIpc) is 3.38. The second-order valence-electron chi connectivity index (χ2n) is 7.81. The number of nitrogens with zero attached hydrogens (tertiary/aromatic N) is 1. The quantitative estimate of drug-likeness (QED) is 0.160. The molecule has 0 fully saturated rings. The molecule has 1 heterocycles. The van der Waals surface area contributed by atoms with Crippen LogP contribution in [0, 0.1) is 5.41 Å². The lowest BCUT2D eigenvalue weighted by atomic mass is 10.0. The number of carbonyl (C=O) groups is 1. The molecule has 2 aromatic carbocycles. The van der Waals surface area contributed by atoms with Gasteiger partial charge in [-0.2, -0.15) is 0 Å². The minimum Gasteiger partial charge on any atom is -0.384 e. The second-order valence-corrected chi connectivity index (χ2v) is 10.8. The summed E-state index contributed by atoms with van der Waals surface area (Å²) in [5.41, 5.74) is 13.0. The number of amidine groups is 1. The molecular formula is C25H34N6O2S2. The Morgan fingerprint density at radius 1 is 1.20 bits per heavy atom. The van der Waals surface area contributed by atoms with Gasteiger partial charge in [-0.25, -0.2) is 13.9 Å². The molecule has 2 atom stereocenters. The standard InChI is InChI=1S/C22H26N6O2S2.C3H8/c1-32(30,18-7-3-6-17(14-18)21(29)26-9-8-23)28-19(22-27-10-11-31-22)13-15-4-2-5-16(12-15)20(24)25;1-3-2/h2-7,10-12,14,19H,1,8-9,13,23H2,(H3,24,25)(H,26,29)(H,28,30);3H2,1-2H3. The third-order valence-corrected chi connectivity index (χ3v) is 7.24. The monoisotopic (exact) mass is 514 g/mol. The molecular weight excluding hydrogens is 480 g/mol. The van der Waals surface area contributed by atoms with Gasteiger partial charge in [0.2, 0.25) is 0 Å². The Labute approximate surface area is 211 Å². The summed E-state index contributed by atoms with van der Waals surface area (Å²) in [6.07, 6.45) is 3.41. The number of thiazole rings is 1. The zero-order valence-corrected chi connectivity index (χ0v) is 21.8. The molecule has 3 aromatic rings. The number of nitrogens with one attached hydrogen (secondary N) is 3. The normalized spacial score (nSPS) is 13.1. The number of nitrogen functional groups attached to an aromatic ring is 1. The highest BCUT2D eigenvalue weighted by Gasteiger charge is 2.21. The number of hydrogen-bond donors (Lipinski definition) is 5.